The van der Waals surface area contributed by atoms with Crippen molar-refractivity contribution in [2.45, 2.75) is 12.3 Å². The van der Waals surface area contributed by atoms with E-state index in [1.807, 2.05) is 30.3 Å². The van der Waals surface area contributed by atoms with Gasteiger partial charge in [0.2, 0.25) is 0 Å². The Bertz CT molecular complexity index is 775. The summed E-state index contributed by atoms with van der Waals surface area (Å²) in [5, 5.41) is 3.04. The summed E-state index contributed by atoms with van der Waals surface area (Å²) in [7, 11) is 5.20. The first-order valence-electron chi connectivity index (χ1n) is 8.13. The number of nitrogens with one attached hydrogen (secondary N) is 1. The molecule has 0 aliphatic carbocycles. The number of nitrogens with zero attached hydrogens (tertiary/aromatic N) is 4. The third kappa shape index (κ3) is 3.45. The highest BCUT2D eigenvalue weighted by molar-refractivity contribution is 6.72. The van der Waals surface area contributed by atoms with Gasteiger partial charge in [0.25, 0.3) is 5.92 Å². The van der Waals surface area contributed by atoms with Crippen molar-refractivity contribution in [1.29, 1.82) is 0 Å². The van der Waals surface area contributed by atoms with Gasteiger partial charge in [-0.05, 0) is 18.2 Å². The van der Waals surface area contributed by atoms with E-state index >= 15 is 0 Å². The zero-order valence-electron chi connectivity index (χ0n) is 14.6. The molecule has 0 unspecified atom stereocenters. The van der Waals surface area contributed by atoms with Crippen molar-refractivity contribution < 1.29 is 8.78 Å². The maximum atomic E-state index is 13.4. The minimum Gasteiger partial charge on any atom is -0.371 e. The van der Waals surface area contributed by atoms with E-state index in [4.69, 9.17) is 0 Å². The number of rotatable bonds is 2. The van der Waals surface area contributed by atoms with Gasteiger partial charge in [-0.3, -0.25) is 9.98 Å². The van der Waals surface area contributed by atoms with Gasteiger partial charge in [0.15, 0.2) is 5.84 Å². The van der Waals surface area contributed by atoms with Crippen molar-refractivity contribution in [3.8, 4) is 0 Å². The molecule has 1 fully saturated rings. The lowest BCUT2D eigenvalue weighted by Crippen LogP contribution is -2.35. The molecule has 5 nitrogen and oxygen atoms in total. The fourth-order valence-electron chi connectivity index (χ4n) is 3.04. The zero-order valence-corrected chi connectivity index (χ0v) is 14.6. The van der Waals surface area contributed by atoms with E-state index in [2.05, 4.69) is 20.3 Å². The summed E-state index contributed by atoms with van der Waals surface area (Å²) in [6.07, 6.45) is 1.79. The molecule has 7 heteroatoms. The molecule has 0 atom stereocenters. The van der Waals surface area contributed by atoms with Crippen LogP contribution in [0.5, 0.6) is 0 Å². The van der Waals surface area contributed by atoms with Crippen LogP contribution >= 0.6 is 0 Å². The SMILES string of the molecule is C/N=C1/C=C(c2ccc(N3CCC(F)(F)C3)cc2)N=C(NC)/C1=N/C. The minimum absolute atomic E-state index is 0.0921. The molecule has 0 radical (unpaired) electrons. The van der Waals surface area contributed by atoms with Crippen LogP contribution in [0.25, 0.3) is 5.70 Å². The van der Waals surface area contributed by atoms with Crippen molar-refractivity contribution in [2.24, 2.45) is 15.0 Å². The van der Waals surface area contributed by atoms with Crippen LogP contribution in [0.1, 0.15) is 12.0 Å². The summed E-state index contributed by atoms with van der Waals surface area (Å²) in [5.74, 6) is -1.94. The fourth-order valence-corrected chi connectivity index (χ4v) is 3.04. The number of hydrogen-bond acceptors (Lipinski definition) is 5. The first-order valence-corrected chi connectivity index (χ1v) is 8.13. The third-order valence-electron chi connectivity index (χ3n) is 4.37. The second-order valence-corrected chi connectivity index (χ2v) is 6.00. The predicted octanol–water partition coefficient (Wildman–Crippen LogP) is 2.65. The van der Waals surface area contributed by atoms with E-state index in [0.29, 0.717) is 18.1 Å². The van der Waals surface area contributed by atoms with Crippen LogP contribution in [0.15, 0.2) is 45.3 Å². The molecule has 0 spiro atoms. The lowest BCUT2D eigenvalue weighted by Gasteiger charge is -2.19. The fraction of sp³-hybridized carbons (Fsp3) is 0.389. The molecule has 1 aromatic carbocycles. The molecule has 2 aliphatic heterocycles. The van der Waals surface area contributed by atoms with E-state index in [1.165, 1.54) is 0 Å². The third-order valence-corrected chi connectivity index (χ3v) is 4.37. The van der Waals surface area contributed by atoms with Crippen LogP contribution in [0.2, 0.25) is 0 Å². The highest BCUT2D eigenvalue weighted by atomic mass is 19.3. The Hall–Kier alpha value is -2.57. The molecule has 132 valence electrons. The summed E-state index contributed by atoms with van der Waals surface area (Å²) in [4.78, 5) is 14.8. The van der Waals surface area contributed by atoms with E-state index < -0.39 is 5.92 Å². The Kier molecular flexibility index (Phi) is 4.65. The molecule has 0 bridgehead atoms. The van der Waals surface area contributed by atoms with Gasteiger partial charge in [0.05, 0.1) is 18.0 Å². The van der Waals surface area contributed by atoms with Crippen LogP contribution in [-0.4, -0.2) is 57.4 Å². The monoisotopic (exact) mass is 345 g/mol. The highest BCUT2D eigenvalue weighted by Crippen LogP contribution is 2.31. The summed E-state index contributed by atoms with van der Waals surface area (Å²) in [5.41, 5.74) is 3.93. The number of hydrogen-bond donors (Lipinski definition) is 1. The second-order valence-electron chi connectivity index (χ2n) is 6.00. The summed E-state index contributed by atoms with van der Waals surface area (Å²) < 4.78 is 26.8. The van der Waals surface area contributed by atoms with Crippen LogP contribution in [0.4, 0.5) is 14.5 Å². The van der Waals surface area contributed by atoms with Gasteiger partial charge in [-0.2, -0.15) is 0 Å². The molecule has 2 heterocycles. The number of halogens is 2. The maximum absolute atomic E-state index is 13.4. The normalized spacial score (nSPS) is 23.0. The maximum Gasteiger partial charge on any atom is 0.266 e. The zero-order chi connectivity index (χ0) is 18.0. The van der Waals surface area contributed by atoms with Gasteiger partial charge in [-0.1, -0.05) is 12.1 Å². The van der Waals surface area contributed by atoms with Crippen LogP contribution in [0, 0.1) is 0 Å². The first kappa shape index (κ1) is 17.3. The number of anilines is 1. The molecule has 25 heavy (non-hydrogen) atoms. The lowest BCUT2D eigenvalue weighted by atomic mass is 10.0. The predicted molar refractivity (Wildman–Crippen MR) is 99.4 cm³/mol. The van der Waals surface area contributed by atoms with Crippen LogP contribution < -0.4 is 10.2 Å². The van der Waals surface area contributed by atoms with Gasteiger partial charge in [-0.15, -0.1) is 0 Å². The van der Waals surface area contributed by atoms with E-state index in [0.717, 1.165) is 22.7 Å². The quantitative estimate of drug-likeness (QED) is 0.896. The molecule has 1 saturated heterocycles. The lowest BCUT2D eigenvalue weighted by molar-refractivity contribution is 0.0257. The van der Waals surface area contributed by atoms with Crippen molar-refractivity contribution in [3.63, 3.8) is 0 Å². The topological polar surface area (TPSA) is 52.4 Å². The van der Waals surface area contributed by atoms with Gasteiger partial charge in [0.1, 0.15) is 5.71 Å². The molecule has 0 aromatic heterocycles. The van der Waals surface area contributed by atoms with Gasteiger partial charge >= 0.3 is 0 Å². The number of allylic oxidation sites excluding steroid dienone is 1. The Balaban J connectivity index is 1.87. The van der Waals surface area contributed by atoms with Crippen LogP contribution in [-0.2, 0) is 0 Å². The van der Waals surface area contributed by atoms with E-state index in [-0.39, 0.29) is 13.0 Å². The van der Waals surface area contributed by atoms with E-state index in [1.54, 1.807) is 26.0 Å². The van der Waals surface area contributed by atoms with Crippen molar-refractivity contribution in [3.05, 3.63) is 35.9 Å². The average molecular weight is 345 g/mol. The standard InChI is InChI=1S/C18H21F2N5/c1-21-15-10-14(24-17(23-3)16(15)22-2)12-4-6-13(7-5-12)25-9-8-18(19,20)11-25/h4-7,10H,8-9,11H2,1-3H3,(H,23,24)/b21-15-,22-16+. The second kappa shape index (κ2) is 6.74. The Morgan fingerprint density at radius 3 is 2.40 bits per heavy atom. The number of benzene rings is 1. The Labute approximate surface area is 145 Å². The molecule has 1 N–H and O–H groups in total. The molecule has 0 amide bonds. The van der Waals surface area contributed by atoms with Crippen molar-refractivity contribution >= 4 is 28.6 Å². The highest BCUT2D eigenvalue weighted by Gasteiger charge is 2.38. The van der Waals surface area contributed by atoms with Gasteiger partial charge in [-0.25, -0.2) is 13.8 Å². The smallest absolute Gasteiger partial charge is 0.266 e. The average Bonchev–Trinajstić information content (AvgIpc) is 3.00. The van der Waals surface area contributed by atoms with Gasteiger partial charge < -0.3 is 10.2 Å². The molecule has 0 saturated carbocycles. The van der Waals surface area contributed by atoms with Crippen molar-refractivity contribution in [1.82, 2.24) is 5.32 Å². The summed E-state index contributed by atoms with van der Waals surface area (Å²) in [6.45, 7) is 0.153. The number of alkyl halides is 2. The molecule has 2 aliphatic rings. The summed E-state index contributed by atoms with van der Waals surface area (Å²) in [6, 6.07) is 7.52. The summed E-state index contributed by atoms with van der Waals surface area (Å²) >= 11 is 0. The minimum atomic E-state index is -2.60. The molecule has 3 rings (SSSR count). The Morgan fingerprint density at radius 1 is 1.16 bits per heavy atom. The molecular formula is C18H21F2N5. The number of amidine groups is 1. The van der Waals surface area contributed by atoms with Crippen LogP contribution in [0.3, 0.4) is 0 Å². The Morgan fingerprint density at radius 2 is 1.88 bits per heavy atom. The first-order chi connectivity index (χ1) is 12.0. The van der Waals surface area contributed by atoms with Crippen molar-refractivity contribution in [2.75, 3.05) is 39.1 Å². The van der Waals surface area contributed by atoms with Gasteiger partial charge in [0, 0.05) is 45.4 Å². The largest absolute Gasteiger partial charge is 0.371 e. The number of aliphatic imine (C=N–C) groups is 3. The molecule has 1 aromatic rings. The molecular weight excluding hydrogens is 324 g/mol. The van der Waals surface area contributed by atoms with E-state index in [9.17, 15) is 8.78 Å².